The quantitative estimate of drug-likeness (QED) is 0.0567. The zero-order valence-electron chi connectivity index (χ0n) is 29.0. The Kier molecular flexibility index (Phi) is 24.0. The van der Waals surface area contributed by atoms with Crippen LogP contribution in [0.5, 0.6) is 0 Å². The highest BCUT2D eigenvalue weighted by molar-refractivity contribution is 8.04. The van der Waals surface area contributed by atoms with E-state index in [-0.39, 0.29) is 42.5 Å². The average Bonchev–Trinajstić information content (AvgIpc) is 3.27. The SMILES string of the molecule is CCCCCCCCCCC[C@@H](C[C@@H]1OC(=O)[C@H]1CCCCCC)OC(=O)[C@H](CC(C)C)NC=O.O=C(O)CN1C=CSC=CC1. The molecular formula is C36H62N2O7S. The van der Waals surface area contributed by atoms with E-state index < -0.39 is 12.0 Å². The summed E-state index contributed by atoms with van der Waals surface area (Å²) >= 11 is 1.55. The minimum Gasteiger partial charge on any atom is -0.480 e. The van der Waals surface area contributed by atoms with E-state index in [0.29, 0.717) is 25.8 Å². The van der Waals surface area contributed by atoms with Gasteiger partial charge in [0.05, 0.1) is 5.92 Å². The number of carboxylic acids is 1. The molecule has 0 aromatic rings. The number of esters is 2. The summed E-state index contributed by atoms with van der Waals surface area (Å²) in [6.07, 6.45) is 22.2. The zero-order chi connectivity index (χ0) is 34.0. The van der Waals surface area contributed by atoms with Crippen molar-refractivity contribution in [2.75, 3.05) is 13.1 Å². The number of thioether (sulfide) groups is 1. The maximum atomic E-state index is 12.9. The number of nitrogens with zero attached hydrogens (tertiary/aromatic N) is 1. The van der Waals surface area contributed by atoms with Gasteiger partial charge in [0.1, 0.15) is 24.8 Å². The molecule has 2 aliphatic rings. The number of rotatable bonds is 25. The molecule has 0 bridgehead atoms. The van der Waals surface area contributed by atoms with Crippen molar-refractivity contribution in [3.63, 3.8) is 0 Å². The highest BCUT2D eigenvalue weighted by Crippen LogP contribution is 2.33. The molecule has 9 nitrogen and oxygen atoms in total. The Balaban J connectivity index is 0.000000804. The summed E-state index contributed by atoms with van der Waals surface area (Å²) in [5, 5.41) is 14.9. The van der Waals surface area contributed by atoms with Gasteiger partial charge in [-0.15, -0.1) is 11.8 Å². The number of carbonyl (C=O) groups excluding carboxylic acids is 3. The van der Waals surface area contributed by atoms with E-state index >= 15 is 0 Å². The molecule has 0 aromatic heterocycles. The number of hydrogen-bond acceptors (Lipinski definition) is 8. The van der Waals surface area contributed by atoms with E-state index in [1.54, 1.807) is 22.9 Å². The minimum atomic E-state index is -0.796. The molecule has 1 saturated heterocycles. The molecule has 2 aliphatic heterocycles. The number of ether oxygens (including phenoxy) is 2. The Labute approximate surface area is 282 Å². The molecule has 10 heteroatoms. The number of cyclic esters (lactones) is 1. The Morgan fingerprint density at radius 2 is 1.65 bits per heavy atom. The van der Waals surface area contributed by atoms with Crippen LogP contribution in [-0.2, 0) is 28.7 Å². The van der Waals surface area contributed by atoms with Crippen LogP contribution in [0.3, 0.4) is 0 Å². The lowest BCUT2D eigenvalue weighted by atomic mass is 9.86. The molecule has 0 spiro atoms. The summed E-state index contributed by atoms with van der Waals surface area (Å²) in [5.74, 6) is -1.10. The van der Waals surface area contributed by atoms with Gasteiger partial charge >= 0.3 is 17.9 Å². The number of unbranched alkanes of at least 4 members (excludes halogenated alkanes) is 11. The molecule has 4 atom stereocenters. The summed E-state index contributed by atoms with van der Waals surface area (Å²) in [4.78, 5) is 48.0. The standard InChI is InChI=1S/C29H53NO5.C7H9NO2S/c1-5-7-9-11-12-13-14-15-16-18-24(34-29(33)26(30-22-31)20-23(3)4)21-27-25(28(32)35-27)19-17-10-8-6-2;9-7(10)6-8-2-1-4-11-5-3-8/h22-27H,5-21H2,1-4H3,(H,30,31);1,3-5H,2,6H2,(H,9,10)/t24-,25-,26-,27-;/m0./s1. The lowest BCUT2D eigenvalue weighted by molar-refractivity contribution is -0.190. The third kappa shape index (κ3) is 19.9. The summed E-state index contributed by atoms with van der Waals surface area (Å²) in [5.41, 5.74) is 0. The van der Waals surface area contributed by atoms with E-state index in [0.717, 1.165) is 38.5 Å². The Hall–Kier alpha value is -2.49. The van der Waals surface area contributed by atoms with Crippen LogP contribution in [0.25, 0.3) is 0 Å². The minimum absolute atomic E-state index is 0.0708. The fourth-order valence-corrected chi connectivity index (χ4v) is 6.19. The molecule has 2 heterocycles. The fraction of sp³-hybridized carbons (Fsp3) is 0.778. The zero-order valence-corrected chi connectivity index (χ0v) is 29.8. The summed E-state index contributed by atoms with van der Waals surface area (Å²) in [6.45, 7) is 9.20. The van der Waals surface area contributed by atoms with Gasteiger partial charge in [0.2, 0.25) is 6.41 Å². The van der Waals surface area contributed by atoms with Gasteiger partial charge in [-0.3, -0.25) is 14.4 Å². The van der Waals surface area contributed by atoms with Gasteiger partial charge in [-0.05, 0) is 42.4 Å². The van der Waals surface area contributed by atoms with Gasteiger partial charge in [-0.1, -0.05) is 111 Å². The van der Waals surface area contributed by atoms with Crippen molar-refractivity contribution in [1.29, 1.82) is 0 Å². The van der Waals surface area contributed by atoms with E-state index in [2.05, 4.69) is 19.2 Å². The molecule has 2 rings (SSSR count). The number of amides is 1. The molecule has 0 aliphatic carbocycles. The van der Waals surface area contributed by atoms with Gasteiger partial charge in [0.15, 0.2) is 0 Å². The highest BCUT2D eigenvalue weighted by Gasteiger charge is 2.43. The van der Waals surface area contributed by atoms with E-state index in [9.17, 15) is 19.2 Å². The van der Waals surface area contributed by atoms with Crippen LogP contribution in [0.4, 0.5) is 0 Å². The topological polar surface area (TPSA) is 122 Å². The van der Waals surface area contributed by atoms with Crippen LogP contribution in [-0.4, -0.2) is 65.7 Å². The van der Waals surface area contributed by atoms with Gasteiger partial charge in [-0.2, -0.15) is 0 Å². The lowest BCUT2D eigenvalue weighted by Crippen LogP contribution is -2.48. The molecule has 46 heavy (non-hydrogen) atoms. The Morgan fingerprint density at radius 3 is 2.24 bits per heavy atom. The van der Waals surface area contributed by atoms with Crippen LogP contribution in [0.1, 0.15) is 137 Å². The molecule has 1 amide bonds. The third-order valence-electron chi connectivity index (χ3n) is 8.26. The lowest BCUT2D eigenvalue weighted by Gasteiger charge is -2.37. The van der Waals surface area contributed by atoms with Crippen molar-refractivity contribution >= 4 is 36.1 Å². The van der Waals surface area contributed by atoms with Crippen LogP contribution in [0, 0.1) is 11.8 Å². The molecule has 0 unspecified atom stereocenters. The normalized spacial score (nSPS) is 18.5. The maximum Gasteiger partial charge on any atom is 0.328 e. The number of aliphatic carboxylic acids is 1. The van der Waals surface area contributed by atoms with Crippen molar-refractivity contribution in [1.82, 2.24) is 10.2 Å². The predicted octanol–water partition coefficient (Wildman–Crippen LogP) is 7.99. The van der Waals surface area contributed by atoms with Crippen molar-refractivity contribution in [3.05, 3.63) is 23.1 Å². The number of carbonyl (C=O) groups is 4. The van der Waals surface area contributed by atoms with Crippen LogP contribution in [0.2, 0.25) is 0 Å². The predicted molar refractivity (Wildman–Crippen MR) is 186 cm³/mol. The first-order valence-electron chi connectivity index (χ1n) is 17.7. The van der Waals surface area contributed by atoms with Gasteiger partial charge in [-0.25, -0.2) is 4.79 Å². The molecular weight excluding hydrogens is 604 g/mol. The molecule has 1 fully saturated rings. The first kappa shape index (κ1) is 41.5. The first-order chi connectivity index (χ1) is 22.2. The third-order valence-corrected chi connectivity index (χ3v) is 8.89. The van der Waals surface area contributed by atoms with Crippen LogP contribution < -0.4 is 5.32 Å². The highest BCUT2D eigenvalue weighted by atomic mass is 32.2. The largest absolute Gasteiger partial charge is 0.480 e. The first-order valence-corrected chi connectivity index (χ1v) is 18.7. The molecule has 2 N–H and O–H groups in total. The Morgan fingerprint density at radius 1 is 1.02 bits per heavy atom. The van der Waals surface area contributed by atoms with Gasteiger partial charge < -0.3 is 24.8 Å². The molecule has 264 valence electrons. The second-order valence-electron chi connectivity index (χ2n) is 12.9. The van der Waals surface area contributed by atoms with E-state index in [1.165, 1.54) is 57.8 Å². The van der Waals surface area contributed by atoms with E-state index in [4.69, 9.17) is 14.6 Å². The van der Waals surface area contributed by atoms with Crippen molar-refractivity contribution in [2.24, 2.45) is 11.8 Å². The monoisotopic (exact) mass is 666 g/mol. The Bertz CT molecular complexity index is 911. The van der Waals surface area contributed by atoms with Gasteiger partial charge in [0, 0.05) is 19.2 Å². The summed E-state index contributed by atoms with van der Waals surface area (Å²) < 4.78 is 11.4. The number of hydrogen-bond donors (Lipinski definition) is 2. The van der Waals surface area contributed by atoms with Crippen LogP contribution >= 0.6 is 11.8 Å². The van der Waals surface area contributed by atoms with Crippen molar-refractivity contribution < 1.29 is 33.8 Å². The second kappa shape index (κ2) is 26.6. The smallest absolute Gasteiger partial charge is 0.328 e. The average molecular weight is 667 g/mol. The maximum absolute atomic E-state index is 12.9. The fourth-order valence-electron chi connectivity index (χ4n) is 5.66. The molecule has 0 aromatic carbocycles. The summed E-state index contributed by atoms with van der Waals surface area (Å²) in [6, 6.07) is -0.632. The number of nitrogens with one attached hydrogen (secondary N) is 1. The van der Waals surface area contributed by atoms with E-state index in [1.807, 2.05) is 30.7 Å². The van der Waals surface area contributed by atoms with Crippen LogP contribution in [0.15, 0.2) is 23.1 Å². The van der Waals surface area contributed by atoms with Crippen molar-refractivity contribution in [3.8, 4) is 0 Å². The molecule has 0 saturated carbocycles. The second-order valence-corrected chi connectivity index (χ2v) is 13.7. The molecule has 0 radical (unpaired) electrons. The van der Waals surface area contributed by atoms with Crippen molar-refractivity contribution in [2.45, 2.75) is 155 Å². The summed E-state index contributed by atoms with van der Waals surface area (Å²) in [7, 11) is 0. The van der Waals surface area contributed by atoms with Gasteiger partial charge in [0.25, 0.3) is 0 Å². The number of carboxylic acid groups (broad SMARTS) is 1.